The maximum absolute atomic E-state index is 5.91. The molecule has 2 saturated heterocycles. The van der Waals surface area contributed by atoms with Gasteiger partial charge in [-0.25, -0.2) is 0 Å². The maximum Gasteiger partial charge on any atom is 0.0843 e. The smallest absolute Gasteiger partial charge is 0.0843 e. The molecule has 0 N–H and O–H groups in total. The number of hydrogen-bond acceptors (Lipinski definition) is 2. The Labute approximate surface area is 87.0 Å². The van der Waals surface area contributed by atoms with E-state index in [0.29, 0.717) is 23.0 Å². The van der Waals surface area contributed by atoms with Gasteiger partial charge in [0.15, 0.2) is 0 Å². The second kappa shape index (κ2) is 3.21. The first-order valence-corrected chi connectivity index (χ1v) is 5.61. The monoisotopic (exact) mass is 198 g/mol. The van der Waals surface area contributed by atoms with Crippen LogP contribution in [0.5, 0.6) is 0 Å². The summed E-state index contributed by atoms with van der Waals surface area (Å²) in [6.07, 6.45) is 2.97. The minimum atomic E-state index is 0.294. The summed E-state index contributed by atoms with van der Waals surface area (Å²) in [4.78, 5) is 0. The van der Waals surface area contributed by atoms with Gasteiger partial charge < -0.3 is 9.47 Å². The van der Waals surface area contributed by atoms with E-state index >= 15 is 0 Å². The summed E-state index contributed by atoms with van der Waals surface area (Å²) in [5, 5.41) is 0. The second-order valence-electron chi connectivity index (χ2n) is 6.44. The van der Waals surface area contributed by atoms with E-state index in [1.165, 1.54) is 0 Å². The van der Waals surface area contributed by atoms with E-state index in [1.54, 1.807) is 0 Å². The second-order valence-corrected chi connectivity index (χ2v) is 6.44. The molecule has 2 nitrogen and oxygen atoms in total. The van der Waals surface area contributed by atoms with Gasteiger partial charge in [-0.05, 0) is 23.7 Å². The van der Waals surface area contributed by atoms with Crippen LogP contribution in [0.2, 0.25) is 0 Å². The first-order valence-electron chi connectivity index (χ1n) is 5.61. The molecule has 2 unspecified atom stereocenters. The Kier molecular flexibility index (Phi) is 2.39. The minimum Gasteiger partial charge on any atom is -0.375 e. The highest BCUT2D eigenvalue weighted by Gasteiger charge is 2.42. The van der Waals surface area contributed by atoms with Crippen molar-refractivity contribution in [2.75, 3.05) is 13.2 Å². The maximum atomic E-state index is 5.91. The fraction of sp³-hybridized carbons (Fsp3) is 1.00. The van der Waals surface area contributed by atoms with Crippen molar-refractivity contribution in [1.82, 2.24) is 0 Å². The summed E-state index contributed by atoms with van der Waals surface area (Å²) in [7, 11) is 0. The molecular formula is C12H22O2. The van der Waals surface area contributed by atoms with Crippen LogP contribution in [0.15, 0.2) is 0 Å². The van der Waals surface area contributed by atoms with Gasteiger partial charge in [-0.2, -0.15) is 0 Å². The van der Waals surface area contributed by atoms with Crippen molar-refractivity contribution in [3.05, 3.63) is 0 Å². The van der Waals surface area contributed by atoms with Crippen molar-refractivity contribution >= 4 is 0 Å². The molecule has 82 valence electrons. The van der Waals surface area contributed by atoms with E-state index in [2.05, 4.69) is 27.7 Å². The SMILES string of the molecule is CC1(C)COC2CC(C)(C)COC2C1. The highest BCUT2D eigenvalue weighted by molar-refractivity contribution is 4.91. The van der Waals surface area contributed by atoms with Crippen molar-refractivity contribution in [3.63, 3.8) is 0 Å². The highest BCUT2D eigenvalue weighted by Crippen LogP contribution is 2.40. The van der Waals surface area contributed by atoms with Crippen LogP contribution >= 0.6 is 0 Å². The van der Waals surface area contributed by atoms with Gasteiger partial charge in [0, 0.05) is 0 Å². The Morgan fingerprint density at radius 3 is 1.50 bits per heavy atom. The van der Waals surface area contributed by atoms with Crippen LogP contribution < -0.4 is 0 Å². The third-order valence-electron chi connectivity index (χ3n) is 3.30. The van der Waals surface area contributed by atoms with Crippen molar-refractivity contribution in [3.8, 4) is 0 Å². The molecule has 2 aliphatic heterocycles. The van der Waals surface area contributed by atoms with Crippen LogP contribution in [0.4, 0.5) is 0 Å². The molecule has 2 rings (SSSR count). The van der Waals surface area contributed by atoms with E-state index in [1.807, 2.05) is 0 Å². The van der Waals surface area contributed by atoms with Gasteiger partial charge in [-0.3, -0.25) is 0 Å². The Hall–Kier alpha value is -0.0800. The standard InChI is InChI=1S/C12H22O2/c1-11(2)5-9-10(13-7-11)6-12(3,4)8-14-9/h9-10H,5-8H2,1-4H3. The number of fused-ring (bicyclic) bond motifs is 1. The van der Waals surface area contributed by atoms with E-state index in [0.717, 1.165) is 26.1 Å². The van der Waals surface area contributed by atoms with E-state index < -0.39 is 0 Å². The lowest BCUT2D eigenvalue weighted by Gasteiger charge is -2.47. The average Bonchev–Trinajstić information content (AvgIpc) is 2.04. The minimum absolute atomic E-state index is 0.294. The third kappa shape index (κ3) is 2.12. The van der Waals surface area contributed by atoms with Gasteiger partial charge in [-0.15, -0.1) is 0 Å². The van der Waals surface area contributed by atoms with Gasteiger partial charge in [0.25, 0.3) is 0 Å². The molecular weight excluding hydrogens is 176 g/mol. The normalized spacial score (nSPS) is 40.3. The lowest BCUT2D eigenvalue weighted by Crippen LogP contribution is -2.50. The molecule has 0 aliphatic carbocycles. The number of ether oxygens (including phenoxy) is 2. The molecule has 0 radical (unpaired) electrons. The van der Waals surface area contributed by atoms with Gasteiger partial charge in [-0.1, -0.05) is 27.7 Å². The summed E-state index contributed by atoms with van der Waals surface area (Å²) in [6, 6.07) is 0. The van der Waals surface area contributed by atoms with E-state index in [-0.39, 0.29) is 0 Å². The van der Waals surface area contributed by atoms with Crippen molar-refractivity contribution in [2.24, 2.45) is 10.8 Å². The van der Waals surface area contributed by atoms with Crippen LogP contribution in [0, 0.1) is 10.8 Å². The highest BCUT2D eigenvalue weighted by atomic mass is 16.5. The van der Waals surface area contributed by atoms with Crippen LogP contribution in [0.1, 0.15) is 40.5 Å². The summed E-state index contributed by atoms with van der Waals surface area (Å²) in [5.41, 5.74) is 0.589. The molecule has 0 saturated carbocycles. The summed E-state index contributed by atoms with van der Waals surface area (Å²) < 4.78 is 11.8. The Morgan fingerprint density at radius 1 is 0.786 bits per heavy atom. The molecule has 2 aliphatic rings. The largest absolute Gasteiger partial charge is 0.375 e. The molecule has 0 aromatic rings. The van der Waals surface area contributed by atoms with Gasteiger partial charge in [0.1, 0.15) is 0 Å². The summed E-state index contributed by atoms with van der Waals surface area (Å²) >= 11 is 0. The molecule has 2 heteroatoms. The average molecular weight is 198 g/mol. The lowest BCUT2D eigenvalue weighted by atomic mass is 9.77. The van der Waals surface area contributed by atoms with Gasteiger partial charge in [0.05, 0.1) is 25.4 Å². The number of rotatable bonds is 0. The fourth-order valence-electron chi connectivity index (χ4n) is 2.47. The van der Waals surface area contributed by atoms with Gasteiger partial charge in [0.2, 0.25) is 0 Å². The van der Waals surface area contributed by atoms with Crippen LogP contribution in [-0.4, -0.2) is 25.4 Å². The summed E-state index contributed by atoms with van der Waals surface area (Å²) in [6.45, 7) is 10.8. The number of hydrogen-bond donors (Lipinski definition) is 0. The molecule has 0 bridgehead atoms. The van der Waals surface area contributed by atoms with Crippen LogP contribution in [-0.2, 0) is 9.47 Å². The molecule has 2 fully saturated rings. The molecule has 2 atom stereocenters. The lowest BCUT2D eigenvalue weighted by molar-refractivity contribution is -0.197. The molecule has 0 amide bonds. The van der Waals surface area contributed by atoms with Gasteiger partial charge >= 0.3 is 0 Å². The zero-order valence-corrected chi connectivity index (χ0v) is 9.80. The van der Waals surface area contributed by atoms with Crippen molar-refractivity contribution in [2.45, 2.75) is 52.7 Å². The molecule has 14 heavy (non-hydrogen) atoms. The van der Waals surface area contributed by atoms with E-state index in [4.69, 9.17) is 9.47 Å². The zero-order valence-electron chi connectivity index (χ0n) is 9.80. The first-order chi connectivity index (χ1) is 6.38. The fourth-order valence-corrected chi connectivity index (χ4v) is 2.47. The van der Waals surface area contributed by atoms with E-state index in [9.17, 15) is 0 Å². The molecule has 0 aromatic carbocycles. The molecule has 0 aromatic heterocycles. The quantitative estimate of drug-likeness (QED) is 0.595. The Balaban J connectivity index is 2.01. The predicted molar refractivity (Wildman–Crippen MR) is 56.3 cm³/mol. The molecule has 0 spiro atoms. The van der Waals surface area contributed by atoms with Crippen molar-refractivity contribution in [1.29, 1.82) is 0 Å². The Bertz CT molecular complexity index is 196. The predicted octanol–water partition coefficient (Wildman–Crippen LogP) is 2.62. The Morgan fingerprint density at radius 2 is 1.14 bits per heavy atom. The molecule has 2 heterocycles. The van der Waals surface area contributed by atoms with Crippen molar-refractivity contribution < 1.29 is 9.47 Å². The first kappa shape index (κ1) is 10.4. The topological polar surface area (TPSA) is 18.5 Å². The third-order valence-corrected chi connectivity index (χ3v) is 3.30. The van der Waals surface area contributed by atoms with Crippen LogP contribution in [0.25, 0.3) is 0 Å². The zero-order chi connectivity index (χ0) is 10.4. The summed E-state index contributed by atoms with van der Waals surface area (Å²) in [5.74, 6) is 0. The van der Waals surface area contributed by atoms with Crippen LogP contribution in [0.3, 0.4) is 0 Å².